The van der Waals surface area contributed by atoms with Gasteiger partial charge in [-0.2, -0.15) is 0 Å². The van der Waals surface area contributed by atoms with Crippen LogP contribution in [-0.4, -0.2) is 0 Å². The molecule has 16 aromatic carbocycles. The molecule has 3 nitrogen and oxygen atoms in total. The number of rotatable bonds is 24. The minimum atomic E-state index is 0.942. The van der Waals surface area contributed by atoms with Crippen molar-refractivity contribution in [2.24, 2.45) is 0 Å². The van der Waals surface area contributed by atoms with E-state index in [1.54, 1.807) is 0 Å². The van der Waals surface area contributed by atoms with Gasteiger partial charge in [0.1, 0.15) is 0 Å². The lowest BCUT2D eigenvalue weighted by Gasteiger charge is -2.33. The second-order valence-corrected chi connectivity index (χ2v) is 29.5. The molecule has 0 aliphatic heterocycles. The van der Waals surface area contributed by atoms with Crippen molar-refractivity contribution in [1.82, 2.24) is 0 Å². The minimum Gasteiger partial charge on any atom is -0.310 e. The average molecular weight is 1510 g/mol. The van der Waals surface area contributed by atoms with Crippen molar-refractivity contribution in [3.63, 3.8) is 0 Å². The molecule has 0 aromatic heterocycles. The first-order valence-electron chi connectivity index (χ1n) is 40.5. The van der Waals surface area contributed by atoms with E-state index in [0.29, 0.717) is 0 Å². The zero-order chi connectivity index (χ0) is 79.8. The van der Waals surface area contributed by atoms with E-state index in [2.05, 4.69) is 511 Å². The van der Waals surface area contributed by atoms with E-state index in [-0.39, 0.29) is 0 Å². The highest BCUT2D eigenvalue weighted by molar-refractivity contribution is 5.93. The van der Waals surface area contributed by atoms with Gasteiger partial charge in [-0.15, -0.1) is 0 Å². The second kappa shape index (κ2) is 36.0. The maximum atomic E-state index is 2.45. The zero-order valence-electron chi connectivity index (χ0n) is 67.1. The Kier molecular flexibility index (Phi) is 23.5. The van der Waals surface area contributed by atoms with Crippen LogP contribution in [0.5, 0.6) is 0 Å². The van der Waals surface area contributed by atoms with Crippen molar-refractivity contribution >= 4 is 87.6 Å². The maximum absolute atomic E-state index is 2.45. The number of benzene rings is 16. The van der Waals surface area contributed by atoms with Crippen LogP contribution in [0.2, 0.25) is 0 Å². The molecule has 0 aliphatic carbocycles. The van der Waals surface area contributed by atoms with Crippen LogP contribution >= 0.6 is 0 Å². The van der Waals surface area contributed by atoms with Crippen LogP contribution in [0.1, 0.15) is 74.9 Å². The van der Waals surface area contributed by atoms with E-state index in [4.69, 9.17) is 0 Å². The summed E-state index contributed by atoms with van der Waals surface area (Å²) in [7, 11) is 0. The first-order valence-corrected chi connectivity index (χ1v) is 40.5. The molecule has 0 saturated heterocycles. The van der Waals surface area contributed by atoms with Gasteiger partial charge in [-0.05, 0) is 321 Å². The zero-order valence-corrected chi connectivity index (χ0v) is 67.1. The summed E-state index contributed by atoms with van der Waals surface area (Å²) in [5.41, 5.74) is 36.1. The van der Waals surface area contributed by atoms with Gasteiger partial charge in [0.25, 0.3) is 0 Å². The van der Waals surface area contributed by atoms with Crippen LogP contribution in [0.4, 0.5) is 51.2 Å². The van der Waals surface area contributed by atoms with Crippen LogP contribution in [0.15, 0.2) is 419 Å². The highest BCUT2D eigenvalue weighted by atomic mass is 15.2. The third kappa shape index (κ3) is 17.8. The van der Waals surface area contributed by atoms with Crippen molar-refractivity contribution < 1.29 is 0 Å². The number of hydrogen-bond donors (Lipinski definition) is 0. The van der Waals surface area contributed by atoms with Gasteiger partial charge in [-0.3, -0.25) is 0 Å². The Bertz CT molecular complexity index is 5770. The molecule has 16 aromatic rings. The van der Waals surface area contributed by atoms with Crippen molar-refractivity contribution in [2.75, 3.05) is 14.7 Å². The molecular formula is C114H93N3. The van der Waals surface area contributed by atoms with Crippen LogP contribution < -0.4 is 14.7 Å². The minimum absolute atomic E-state index is 0.942. The summed E-state index contributed by atoms with van der Waals surface area (Å²) in [6.45, 7) is 12.4. The first-order chi connectivity index (χ1) is 57.6. The Morgan fingerprint density at radius 1 is 0.128 bits per heavy atom. The number of allylic oxidation sites excluding steroid dienone is 6. The molecule has 16 rings (SSSR count). The highest BCUT2D eigenvalue weighted by Gasteiger charge is 2.25. The molecule has 0 spiro atoms. The van der Waals surface area contributed by atoms with E-state index < -0.39 is 0 Å². The molecule has 564 valence electrons. The summed E-state index contributed by atoms with van der Waals surface area (Å²) in [4.78, 5) is 7.36. The molecule has 0 bridgehead atoms. The predicted molar refractivity (Wildman–Crippen MR) is 508 cm³/mol. The molecule has 0 radical (unpaired) electrons. The third-order valence-electron chi connectivity index (χ3n) is 21.4. The van der Waals surface area contributed by atoms with E-state index >= 15 is 0 Å². The number of anilines is 9. The highest BCUT2D eigenvalue weighted by Crippen LogP contribution is 2.49. The quantitative estimate of drug-likeness (QED) is 0.0597. The lowest BCUT2D eigenvalue weighted by molar-refractivity contribution is 1.22. The SMILES string of the molecule is C/C=C/c1cccc(-c2cccc(-c3ccc(N(c4cccc(-c5cccc(/C=C/C)c5)c4)c4cc(N(c5ccc(-c6cccc(-c7cccc(/C=C/C)c7)c6)cc5)c5cccc(-c6cccc(/C=C/C)c6)c5)cc(N(c5ccc(-c6cccc(-c7cccc(/C=C/C)c7)c6)cc5)c5cccc(-c6cccc(/C=C/C)c6)c5)c4)cc3)c2)c1. The van der Waals surface area contributed by atoms with Crippen molar-refractivity contribution in [1.29, 1.82) is 0 Å². The molecule has 3 heteroatoms. The van der Waals surface area contributed by atoms with Gasteiger partial charge in [0.05, 0.1) is 17.1 Å². The Hall–Kier alpha value is -14.6. The lowest BCUT2D eigenvalue weighted by Crippen LogP contribution is -2.16. The largest absolute Gasteiger partial charge is 0.310 e. The fraction of sp³-hybridized carbons (Fsp3) is 0.0526. The fourth-order valence-electron chi connectivity index (χ4n) is 15.9. The lowest BCUT2D eigenvalue weighted by atomic mass is 9.97. The predicted octanol–water partition coefficient (Wildman–Crippen LogP) is 33.3. The van der Waals surface area contributed by atoms with Gasteiger partial charge in [0.15, 0.2) is 0 Å². The van der Waals surface area contributed by atoms with E-state index in [9.17, 15) is 0 Å². The molecule has 0 saturated carbocycles. The van der Waals surface area contributed by atoms with Gasteiger partial charge in [0, 0.05) is 34.1 Å². The first kappa shape index (κ1) is 76.4. The smallest absolute Gasteiger partial charge is 0.0503 e. The average Bonchev–Trinajstić information content (AvgIpc) is 0.757. The molecule has 0 amide bonds. The number of hydrogen-bond acceptors (Lipinski definition) is 3. The molecule has 117 heavy (non-hydrogen) atoms. The van der Waals surface area contributed by atoms with E-state index in [1.807, 2.05) is 0 Å². The summed E-state index contributed by atoms with van der Waals surface area (Å²) in [6, 6.07) is 141. The molecule has 0 aliphatic rings. The van der Waals surface area contributed by atoms with Gasteiger partial charge in [0.2, 0.25) is 0 Å². The summed E-state index contributed by atoms with van der Waals surface area (Å²) >= 11 is 0. The number of nitrogens with zero attached hydrogens (tertiary/aromatic N) is 3. The van der Waals surface area contributed by atoms with Gasteiger partial charge >= 0.3 is 0 Å². The van der Waals surface area contributed by atoms with Gasteiger partial charge < -0.3 is 14.7 Å². The summed E-state index contributed by atoms with van der Waals surface area (Å²) in [6.07, 6.45) is 25.6. The van der Waals surface area contributed by atoms with Gasteiger partial charge in [-0.1, -0.05) is 310 Å². The van der Waals surface area contributed by atoms with E-state index in [0.717, 1.165) is 151 Å². The molecule has 0 unspecified atom stereocenters. The van der Waals surface area contributed by atoms with Crippen LogP contribution in [0, 0.1) is 0 Å². The van der Waals surface area contributed by atoms with Crippen molar-refractivity contribution in [3.8, 4) is 100 Å². The van der Waals surface area contributed by atoms with Gasteiger partial charge in [-0.25, -0.2) is 0 Å². The normalized spacial score (nSPS) is 11.6. The summed E-state index contributed by atoms with van der Waals surface area (Å²) in [5.74, 6) is 0. The standard InChI is InChI=1S/C114H93N3/c1-7-25-82-31-13-37-91(67-82)100-46-19-43-97(73-100)88-55-61-106(62-56-88)115(109-52-22-49-103(76-109)94-40-16-34-85(70-94)28-10-4)112-79-113(116(110-53-23-50-104(77-110)95-41-17-35-86(71-95)29-11-5)107-63-57-89(58-64-107)98-44-20-47-101(74-98)92-38-14-32-83(68-92)26-8-2)81-114(80-112)117(111-54-24-51-105(78-111)96-42-18-36-87(72-96)30-12-6)108-65-59-90(60-66-108)99-45-21-48-102(75-99)93-39-15-33-84(69-93)27-9-3/h7-81H,1-6H3/b25-7+,26-8+,27-9+,28-10+,29-11+,30-12+. The summed E-state index contributed by atoms with van der Waals surface area (Å²) < 4.78 is 0. The molecule has 0 fully saturated rings. The molecule has 0 heterocycles. The second-order valence-electron chi connectivity index (χ2n) is 29.5. The Balaban J connectivity index is 0.941. The van der Waals surface area contributed by atoms with Crippen LogP contribution in [0.25, 0.3) is 137 Å². The van der Waals surface area contributed by atoms with Crippen molar-refractivity contribution in [2.45, 2.75) is 41.5 Å². The fourth-order valence-corrected chi connectivity index (χ4v) is 15.9. The molecule has 0 atom stereocenters. The van der Waals surface area contributed by atoms with Crippen LogP contribution in [-0.2, 0) is 0 Å². The topological polar surface area (TPSA) is 9.72 Å². The monoisotopic (exact) mass is 1500 g/mol. The molecule has 0 N–H and O–H groups in total. The van der Waals surface area contributed by atoms with Crippen molar-refractivity contribution in [3.05, 3.63) is 452 Å². The summed E-state index contributed by atoms with van der Waals surface area (Å²) in [5, 5.41) is 0. The Labute approximate surface area is 691 Å². The van der Waals surface area contributed by atoms with E-state index in [1.165, 1.54) is 33.4 Å². The molecular weight excluding hydrogens is 1410 g/mol. The Morgan fingerprint density at radius 3 is 0.487 bits per heavy atom. The Morgan fingerprint density at radius 2 is 0.291 bits per heavy atom. The maximum Gasteiger partial charge on any atom is 0.0503 e. The van der Waals surface area contributed by atoms with Crippen LogP contribution in [0.3, 0.4) is 0 Å². The third-order valence-corrected chi connectivity index (χ3v) is 21.4.